The maximum absolute atomic E-state index is 14.6. The number of hydrogen-bond donors (Lipinski definition) is 2. The van der Waals surface area contributed by atoms with Crippen LogP contribution in [0.5, 0.6) is 5.75 Å². The maximum Gasteiger partial charge on any atom is 0.246 e. The van der Waals surface area contributed by atoms with E-state index >= 15 is 0 Å². The van der Waals surface area contributed by atoms with Gasteiger partial charge in [0.15, 0.2) is 0 Å². The van der Waals surface area contributed by atoms with Gasteiger partial charge in [-0.1, -0.05) is 18.2 Å². The Morgan fingerprint density at radius 2 is 2.08 bits per heavy atom. The van der Waals surface area contributed by atoms with E-state index in [9.17, 15) is 9.18 Å². The average molecular weight is 683 g/mol. The molecule has 1 amide bonds. The number of nitrogens with one attached hydrogen (secondary N) is 1. The van der Waals surface area contributed by atoms with Crippen LogP contribution in [0.3, 0.4) is 0 Å². The van der Waals surface area contributed by atoms with Crippen molar-refractivity contribution in [1.29, 1.82) is 0 Å². The minimum absolute atomic E-state index is 0.0102. The number of thiophene rings is 1. The van der Waals surface area contributed by atoms with Gasteiger partial charge in [-0.2, -0.15) is 0 Å². The number of ether oxygens (including phenoxy) is 2. The van der Waals surface area contributed by atoms with Crippen LogP contribution in [0.15, 0.2) is 71.2 Å². The van der Waals surface area contributed by atoms with Crippen LogP contribution in [0.4, 0.5) is 4.39 Å². The molecule has 0 saturated carbocycles. The van der Waals surface area contributed by atoms with E-state index in [-0.39, 0.29) is 18.6 Å². The minimum Gasteiger partial charge on any atom is -0.490 e. The second-order valence-corrected chi connectivity index (χ2v) is 13.4. The first-order valence-corrected chi connectivity index (χ1v) is 17.5. The highest BCUT2D eigenvalue weighted by molar-refractivity contribution is 7.18. The molecule has 1 atom stereocenters. The van der Waals surface area contributed by atoms with Gasteiger partial charge in [0.1, 0.15) is 18.2 Å². The molecule has 0 spiro atoms. The highest BCUT2D eigenvalue weighted by atomic mass is 32.1. The van der Waals surface area contributed by atoms with Gasteiger partial charge in [-0.3, -0.25) is 9.79 Å². The van der Waals surface area contributed by atoms with Gasteiger partial charge in [-0.05, 0) is 74.3 Å². The first kappa shape index (κ1) is 34.4. The van der Waals surface area contributed by atoms with Crippen molar-refractivity contribution >= 4 is 39.1 Å². The summed E-state index contributed by atoms with van der Waals surface area (Å²) in [6.45, 7) is 4.26. The molecule has 49 heavy (non-hydrogen) atoms. The molecular formula is C38H43FN6O3S. The Morgan fingerprint density at radius 3 is 2.90 bits per heavy atom. The van der Waals surface area contributed by atoms with Crippen molar-refractivity contribution in [3.63, 3.8) is 0 Å². The number of carbonyl (C=O) groups excluding carboxylic acids is 1. The number of hydrogen-bond acceptors (Lipinski definition) is 9. The largest absolute Gasteiger partial charge is 0.490 e. The van der Waals surface area contributed by atoms with E-state index in [4.69, 9.17) is 25.2 Å². The van der Waals surface area contributed by atoms with Gasteiger partial charge in [0.05, 0.1) is 24.0 Å². The van der Waals surface area contributed by atoms with Crippen LogP contribution in [0.25, 0.3) is 38.0 Å². The third-order valence-electron chi connectivity index (χ3n) is 8.82. The van der Waals surface area contributed by atoms with Gasteiger partial charge >= 0.3 is 0 Å². The average Bonchev–Trinajstić information content (AvgIpc) is 3.79. The molecule has 1 saturated heterocycles. The first-order valence-electron chi connectivity index (χ1n) is 16.6. The number of rotatable bonds is 12. The number of aliphatic imine (C=N–C) groups is 1. The number of methoxy groups -OCH3 is 1. The zero-order chi connectivity index (χ0) is 34.3. The van der Waals surface area contributed by atoms with Crippen LogP contribution < -0.4 is 15.8 Å². The smallest absolute Gasteiger partial charge is 0.246 e. The fraction of sp³-hybridized carbons (Fsp3) is 0.342. The lowest BCUT2D eigenvalue weighted by Crippen LogP contribution is -2.27. The summed E-state index contributed by atoms with van der Waals surface area (Å²) in [4.78, 5) is 26.9. The van der Waals surface area contributed by atoms with E-state index in [1.165, 1.54) is 29.5 Å². The molecule has 0 bridgehead atoms. The van der Waals surface area contributed by atoms with Gasteiger partial charge in [0.25, 0.3) is 0 Å². The zero-order valence-electron chi connectivity index (χ0n) is 28.2. The molecule has 1 fully saturated rings. The van der Waals surface area contributed by atoms with Crippen LogP contribution in [-0.2, 0) is 22.5 Å². The highest BCUT2D eigenvalue weighted by Gasteiger charge is 2.26. The van der Waals surface area contributed by atoms with E-state index in [1.54, 1.807) is 36.8 Å². The molecule has 1 unspecified atom stereocenters. The predicted octanol–water partition coefficient (Wildman–Crippen LogP) is 5.53. The van der Waals surface area contributed by atoms with Crippen molar-refractivity contribution < 1.29 is 18.7 Å². The maximum atomic E-state index is 14.6. The number of allylic oxidation sites excluding steroid dienone is 1. The quantitative estimate of drug-likeness (QED) is 0.115. The monoisotopic (exact) mass is 682 g/mol. The summed E-state index contributed by atoms with van der Waals surface area (Å²) in [5, 5.41) is 6.49. The number of nitrogens with two attached hydrogens (primary N) is 1. The van der Waals surface area contributed by atoms with Crippen molar-refractivity contribution in [1.82, 2.24) is 20.1 Å². The van der Waals surface area contributed by atoms with Crippen LogP contribution in [0.2, 0.25) is 0 Å². The van der Waals surface area contributed by atoms with E-state index in [0.717, 1.165) is 52.8 Å². The number of nitrogens with zero attached hydrogens (tertiary/aromatic N) is 4. The number of pyridine rings is 1. The Kier molecular flexibility index (Phi) is 11.1. The van der Waals surface area contributed by atoms with Gasteiger partial charge < -0.3 is 30.3 Å². The molecule has 256 valence electrons. The molecular weight excluding hydrogens is 640 g/mol. The molecule has 0 aliphatic carbocycles. The van der Waals surface area contributed by atoms with E-state index in [0.29, 0.717) is 48.8 Å². The molecule has 2 aliphatic rings. The number of fused-ring (bicyclic) bond motifs is 2. The molecule has 9 nitrogen and oxygen atoms in total. The summed E-state index contributed by atoms with van der Waals surface area (Å²) in [5.41, 5.74) is 13.6. The van der Waals surface area contributed by atoms with Crippen LogP contribution in [0.1, 0.15) is 23.2 Å². The zero-order valence-corrected chi connectivity index (χ0v) is 29.1. The van der Waals surface area contributed by atoms with Gasteiger partial charge in [-0.25, -0.2) is 9.37 Å². The van der Waals surface area contributed by atoms with Crippen molar-refractivity contribution in [2.24, 2.45) is 10.7 Å². The third-order valence-corrected chi connectivity index (χ3v) is 9.75. The lowest BCUT2D eigenvalue weighted by Gasteiger charge is -2.20. The summed E-state index contributed by atoms with van der Waals surface area (Å²) in [7, 11) is 5.53. The number of aromatic nitrogens is 1. The van der Waals surface area contributed by atoms with Crippen LogP contribution in [-0.4, -0.2) is 93.5 Å². The van der Waals surface area contributed by atoms with Crippen LogP contribution >= 0.6 is 11.3 Å². The lowest BCUT2D eigenvalue weighted by atomic mass is 9.93. The topological polar surface area (TPSA) is 105 Å². The summed E-state index contributed by atoms with van der Waals surface area (Å²) >= 11 is 1.59. The fourth-order valence-corrected chi connectivity index (χ4v) is 7.24. The number of benzene rings is 2. The van der Waals surface area contributed by atoms with Crippen LogP contribution in [0, 0.1) is 5.82 Å². The van der Waals surface area contributed by atoms with Crippen molar-refractivity contribution in [2.75, 3.05) is 60.6 Å². The molecule has 4 aromatic rings. The van der Waals surface area contributed by atoms with Crippen molar-refractivity contribution in [3.05, 3.63) is 88.8 Å². The van der Waals surface area contributed by atoms with Gasteiger partial charge in [0, 0.05) is 90.2 Å². The molecule has 2 aliphatic heterocycles. The van der Waals surface area contributed by atoms with E-state index in [1.807, 2.05) is 30.0 Å². The number of likely N-dealkylation sites (N-methyl/N-ethyl adjacent to an activating group) is 1. The van der Waals surface area contributed by atoms with Crippen molar-refractivity contribution in [2.45, 2.75) is 25.4 Å². The molecule has 11 heteroatoms. The Bertz CT molecular complexity index is 1900. The Labute approximate surface area is 290 Å². The number of amides is 1. The Morgan fingerprint density at radius 1 is 1.20 bits per heavy atom. The molecule has 0 radical (unpaired) electrons. The third kappa shape index (κ3) is 7.91. The second-order valence-electron chi connectivity index (χ2n) is 12.5. The SMILES string of the molecule is COCCOc1cc(F)ccc1-c1c(/C(C=NC2CCN(C(=O)/C=C/CN(C)C)C2)=C/N)nc(-c2ccc3c(c2)CCNC3)c2ccsc12. The molecule has 2 aromatic heterocycles. The fourth-order valence-electron chi connectivity index (χ4n) is 6.29. The summed E-state index contributed by atoms with van der Waals surface area (Å²) in [6, 6.07) is 13.1. The number of carbonyl (C=O) groups is 1. The number of likely N-dealkylation sites (tertiary alicyclic amines) is 1. The molecule has 4 heterocycles. The molecule has 3 N–H and O–H groups in total. The summed E-state index contributed by atoms with van der Waals surface area (Å²) in [6.07, 6.45) is 8.50. The predicted molar refractivity (Wildman–Crippen MR) is 197 cm³/mol. The van der Waals surface area contributed by atoms with Gasteiger partial charge in [-0.15, -0.1) is 11.3 Å². The Balaban J connectivity index is 1.42. The second kappa shape index (κ2) is 15.9. The van der Waals surface area contributed by atoms with Gasteiger partial charge in [0.2, 0.25) is 5.91 Å². The first-order chi connectivity index (χ1) is 23.9. The van der Waals surface area contributed by atoms with E-state index < -0.39 is 5.82 Å². The Hall–Kier alpha value is -4.42. The lowest BCUT2D eigenvalue weighted by molar-refractivity contribution is -0.125. The molecule has 6 rings (SSSR count). The summed E-state index contributed by atoms with van der Waals surface area (Å²) in [5.74, 6) is -0.0187. The summed E-state index contributed by atoms with van der Waals surface area (Å²) < 4.78 is 26.9. The molecule has 2 aromatic carbocycles. The minimum atomic E-state index is -0.402. The number of halogens is 1. The standard InChI is InChI=1S/C38H43FN6O3S/c1-44(2)14-4-5-34(46)45-15-11-30(24-45)42-23-28(21-40)37-35(31-9-8-29(39)20-33(31)48-17-16-47-3)38-32(12-18-49-38)36(43-37)26-6-7-27-22-41-13-10-25(27)19-26/h4-9,12,18-21,23,30,41H,10-11,13-17,22,24,40H2,1-3H3/b5-4+,28-21+,42-23?. The highest BCUT2D eigenvalue weighted by Crippen LogP contribution is 2.44. The van der Waals surface area contributed by atoms with Crippen molar-refractivity contribution in [3.8, 4) is 28.1 Å². The van der Waals surface area contributed by atoms with E-state index in [2.05, 4.69) is 35.0 Å². The normalized spacial score (nSPS) is 16.8.